The maximum atomic E-state index is 12.6. The minimum Gasteiger partial charge on any atom is -0.374 e. The fourth-order valence-electron chi connectivity index (χ4n) is 3.85. The van der Waals surface area contributed by atoms with Crippen molar-refractivity contribution in [1.29, 1.82) is 0 Å². The summed E-state index contributed by atoms with van der Waals surface area (Å²) in [5.41, 5.74) is 6.20. The average molecular weight is 306 g/mol. The molecule has 0 aromatic heterocycles. The maximum Gasteiger partial charge on any atom is 0.228 e. The Morgan fingerprint density at radius 3 is 2.57 bits per heavy atom. The first-order chi connectivity index (χ1) is 11.2. The van der Waals surface area contributed by atoms with E-state index in [1.54, 1.807) is 0 Å². The van der Waals surface area contributed by atoms with Gasteiger partial charge in [-0.05, 0) is 60.6 Å². The lowest BCUT2D eigenvalue weighted by atomic mass is 10.0. The van der Waals surface area contributed by atoms with Gasteiger partial charge in [0.25, 0.3) is 0 Å². The second-order valence-corrected chi connectivity index (χ2v) is 6.73. The van der Waals surface area contributed by atoms with Crippen molar-refractivity contribution in [2.24, 2.45) is 5.92 Å². The molecule has 0 atom stereocenters. The molecule has 0 saturated carbocycles. The van der Waals surface area contributed by atoms with Crippen LogP contribution in [-0.4, -0.2) is 19.5 Å². The van der Waals surface area contributed by atoms with Gasteiger partial charge in [-0.25, -0.2) is 0 Å². The number of fused-ring (bicyclic) bond motifs is 2. The number of amides is 1. The summed E-state index contributed by atoms with van der Waals surface area (Å²) in [7, 11) is 2.13. The number of nitrogens with one attached hydrogen (secondary N) is 1. The molecule has 3 heteroatoms. The molecule has 118 valence electrons. The molecule has 1 aliphatic carbocycles. The standard InChI is InChI=1S/C20H22N2O/c1-22-10-4-7-16-13-18(8-9-19(16)22)21-20(23)17-11-14-5-2-3-6-15(14)12-17/h2-3,5-6,8-9,13,17H,4,7,10-12H2,1H3,(H,21,23). The molecule has 0 bridgehead atoms. The van der Waals surface area contributed by atoms with Crippen LogP contribution in [0.2, 0.25) is 0 Å². The molecule has 4 rings (SSSR count). The third kappa shape index (κ3) is 2.72. The molecular formula is C20H22N2O. The van der Waals surface area contributed by atoms with E-state index in [0.717, 1.165) is 31.5 Å². The van der Waals surface area contributed by atoms with Crippen LogP contribution in [0.1, 0.15) is 23.1 Å². The number of anilines is 2. The van der Waals surface area contributed by atoms with Crippen LogP contribution in [0.5, 0.6) is 0 Å². The third-order valence-electron chi connectivity index (χ3n) is 5.12. The Balaban J connectivity index is 1.48. The van der Waals surface area contributed by atoms with Crippen LogP contribution in [0.4, 0.5) is 11.4 Å². The zero-order valence-electron chi connectivity index (χ0n) is 13.5. The van der Waals surface area contributed by atoms with Gasteiger partial charge >= 0.3 is 0 Å². The Labute approximate surface area is 137 Å². The van der Waals surface area contributed by atoms with E-state index in [-0.39, 0.29) is 11.8 Å². The smallest absolute Gasteiger partial charge is 0.228 e. The van der Waals surface area contributed by atoms with Gasteiger partial charge in [0.2, 0.25) is 5.91 Å². The molecule has 0 unspecified atom stereocenters. The van der Waals surface area contributed by atoms with Gasteiger partial charge in [0.1, 0.15) is 0 Å². The fraction of sp³-hybridized carbons (Fsp3) is 0.350. The average Bonchev–Trinajstić information content (AvgIpc) is 2.99. The van der Waals surface area contributed by atoms with E-state index in [9.17, 15) is 4.79 Å². The molecule has 1 N–H and O–H groups in total. The number of hydrogen-bond acceptors (Lipinski definition) is 2. The molecule has 0 fully saturated rings. The van der Waals surface area contributed by atoms with Gasteiger partial charge in [0, 0.05) is 30.9 Å². The first-order valence-corrected chi connectivity index (χ1v) is 8.42. The van der Waals surface area contributed by atoms with Crippen molar-refractivity contribution < 1.29 is 4.79 Å². The number of nitrogens with zero attached hydrogens (tertiary/aromatic N) is 1. The Morgan fingerprint density at radius 1 is 1.09 bits per heavy atom. The molecule has 23 heavy (non-hydrogen) atoms. The van der Waals surface area contributed by atoms with E-state index in [4.69, 9.17) is 0 Å². The number of carbonyl (C=O) groups excluding carboxylic acids is 1. The molecule has 1 amide bonds. The summed E-state index contributed by atoms with van der Waals surface area (Å²) >= 11 is 0. The monoisotopic (exact) mass is 306 g/mol. The number of rotatable bonds is 2. The highest BCUT2D eigenvalue weighted by Crippen LogP contribution is 2.30. The summed E-state index contributed by atoms with van der Waals surface area (Å²) in [6.07, 6.45) is 3.99. The van der Waals surface area contributed by atoms with Crippen LogP contribution in [0.3, 0.4) is 0 Å². The first kappa shape index (κ1) is 14.3. The van der Waals surface area contributed by atoms with Gasteiger partial charge in [-0.2, -0.15) is 0 Å². The summed E-state index contributed by atoms with van der Waals surface area (Å²) in [6.45, 7) is 1.11. The van der Waals surface area contributed by atoms with Crippen molar-refractivity contribution in [3.8, 4) is 0 Å². The summed E-state index contributed by atoms with van der Waals surface area (Å²) in [5.74, 6) is 0.205. The molecule has 2 aromatic rings. The predicted molar refractivity (Wildman–Crippen MR) is 94.0 cm³/mol. The van der Waals surface area contributed by atoms with Crippen molar-refractivity contribution >= 4 is 17.3 Å². The number of hydrogen-bond donors (Lipinski definition) is 1. The van der Waals surface area contributed by atoms with E-state index < -0.39 is 0 Å². The summed E-state index contributed by atoms with van der Waals surface area (Å²) in [6, 6.07) is 14.7. The van der Waals surface area contributed by atoms with Crippen molar-refractivity contribution in [2.75, 3.05) is 23.8 Å². The topological polar surface area (TPSA) is 32.3 Å². The Kier molecular flexibility index (Phi) is 3.56. The predicted octanol–water partition coefficient (Wildman–Crippen LogP) is 3.42. The van der Waals surface area contributed by atoms with Crippen molar-refractivity contribution in [1.82, 2.24) is 0 Å². The summed E-state index contributed by atoms with van der Waals surface area (Å²) in [4.78, 5) is 14.9. The summed E-state index contributed by atoms with van der Waals surface area (Å²) < 4.78 is 0. The Bertz CT molecular complexity index is 728. The lowest BCUT2D eigenvalue weighted by molar-refractivity contribution is -0.119. The largest absolute Gasteiger partial charge is 0.374 e. The molecule has 0 spiro atoms. The molecule has 0 radical (unpaired) electrons. The highest BCUT2D eigenvalue weighted by atomic mass is 16.1. The van der Waals surface area contributed by atoms with Gasteiger partial charge in [-0.15, -0.1) is 0 Å². The fourth-order valence-corrected chi connectivity index (χ4v) is 3.85. The normalized spacial score (nSPS) is 16.8. The van der Waals surface area contributed by atoms with Crippen LogP contribution in [0.15, 0.2) is 42.5 Å². The van der Waals surface area contributed by atoms with Gasteiger partial charge < -0.3 is 10.2 Å². The Hall–Kier alpha value is -2.29. The minimum absolute atomic E-state index is 0.0612. The molecule has 2 aliphatic rings. The van der Waals surface area contributed by atoms with Crippen LogP contribution < -0.4 is 10.2 Å². The van der Waals surface area contributed by atoms with E-state index in [0.29, 0.717) is 0 Å². The Morgan fingerprint density at radius 2 is 1.83 bits per heavy atom. The lowest BCUT2D eigenvalue weighted by Crippen LogP contribution is -2.26. The van der Waals surface area contributed by atoms with Gasteiger partial charge in [0.15, 0.2) is 0 Å². The molecule has 2 aromatic carbocycles. The second-order valence-electron chi connectivity index (χ2n) is 6.73. The van der Waals surface area contributed by atoms with Gasteiger partial charge in [-0.3, -0.25) is 4.79 Å². The number of benzene rings is 2. The summed E-state index contributed by atoms with van der Waals surface area (Å²) in [5, 5.41) is 3.13. The van der Waals surface area contributed by atoms with Crippen molar-refractivity contribution in [3.63, 3.8) is 0 Å². The van der Waals surface area contributed by atoms with Crippen molar-refractivity contribution in [2.45, 2.75) is 25.7 Å². The van der Waals surface area contributed by atoms with Gasteiger partial charge in [0.05, 0.1) is 0 Å². The highest BCUT2D eigenvalue weighted by Gasteiger charge is 2.27. The van der Waals surface area contributed by atoms with Crippen LogP contribution in [-0.2, 0) is 24.1 Å². The van der Waals surface area contributed by atoms with E-state index >= 15 is 0 Å². The maximum absolute atomic E-state index is 12.6. The highest BCUT2D eigenvalue weighted by molar-refractivity contribution is 5.93. The third-order valence-corrected chi connectivity index (χ3v) is 5.12. The van der Waals surface area contributed by atoms with Crippen LogP contribution >= 0.6 is 0 Å². The van der Waals surface area contributed by atoms with Gasteiger partial charge in [-0.1, -0.05) is 24.3 Å². The number of aryl methyl sites for hydroxylation is 1. The molecule has 1 heterocycles. The van der Waals surface area contributed by atoms with E-state index in [1.807, 2.05) is 6.07 Å². The van der Waals surface area contributed by atoms with Crippen molar-refractivity contribution in [3.05, 3.63) is 59.2 Å². The first-order valence-electron chi connectivity index (χ1n) is 8.42. The molecule has 3 nitrogen and oxygen atoms in total. The molecule has 1 aliphatic heterocycles. The second kappa shape index (κ2) is 5.73. The SMILES string of the molecule is CN1CCCc2cc(NC(=O)C3Cc4ccccc4C3)ccc21. The number of carbonyl (C=O) groups is 1. The van der Waals surface area contributed by atoms with E-state index in [2.05, 4.69) is 53.7 Å². The minimum atomic E-state index is 0.0612. The van der Waals surface area contributed by atoms with Crippen LogP contribution in [0.25, 0.3) is 0 Å². The van der Waals surface area contributed by atoms with Crippen LogP contribution in [0, 0.1) is 5.92 Å². The lowest BCUT2D eigenvalue weighted by Gasteiger charge is -2.28. The van der Waals surface area contributed by atoms with E-state index in [1.165, 1.54) is 28.8 Å². The molecular weight excluding hydrogens is 284 g/mol. The molecule has 0 saturated heterocycles. The quantitative estimate of drug-likeness (QED) is 0.922. The zero-order valence-corrected chi connectivity index (χ0v) is 13.5. The zero-order chi connectivity index (χ0) is 15.8.